The first-order chi connectivity index (χ1) is 5.65. The second kappa shape index (κ2) is 3.70. The van der Waals surface area contributed by atoms with Crippen LogP contribution in [0.2, 0.25) is 0 Å². The summed E-state index contributed by atoms with van der Waals surface area (Å²) < 4.78 is 0. The van der Waals surface area contributed by atoms with Crippen LogP contribution in [0.5, 0.6) is 0 Å². The van der Waals surface area contributed by atoms with Crippen LogP contribution in [0.15, 0.2) is 6.20 Å². The zero-order chi connectivity index (χ0) is 9.14. The molecule has 0 aromatic carbocycles. The largest absolute Gasteiger partial charge is 0.241 e. The Bertz CT molecular complexity index is 273. The van der Waals surface area contributed by atoms with Crippen LogP contribution in [0.1, 0.15) is 36.2 Å². The Morgan fingerprint density at radius 1 is 1.50 bits per heavy atom. The number of aryl methyl sites for hydroxylation is 2. The Labute approximate surface area is 74.8 Å². The Hall–Kier alpha value is -0.855. The number of nitrogens with zero attached hydrogens (tertiary/aromatic N) is 2. The van der Waals surface area contributed by atoms with Crippen molar-refractivity contribution in [3.8, 4) is 0 Å². The molecule has 1 rings (SSSR count). The highest BCUT2D eigenvalue weighted by Gasteiger charge is 2.06. The molecule has 1 atom stereocenters. The summed E-state index contributed by atoms with van der Waals surface area (Å²) in [5.41, 5.74) is 2.06. The third kappa shape index (κ3) is 1.84. The molecule has 2 radical (unpaired) electrons. The molecule has 12 heavy (non-hydrogen) atoms. The predicted molar refractivity (Wildman–Crippen MR) is 50.3 cm³/mol. The van der Waals surface area contributed by atoms with Crippen molar-refractivity contribution in [2.75, 3.05) is 0 Å². The lowest BCUT2D eigenvalue weighted by Gasteiger charge is -2.11. The molecule has 0 aliphatic heterocycles. The summed E-state index contributed by atoms with van der Waals surface area (Å²) in [6.45, 7) is 5.91. The minimum atomic E-state index is 0.0746. The van der Waals surface area contributed by atoms with E-state index in [9.17, 15) is 0 Å². The molecule has 0 aliphatic carbocycles. The molecular weight excluding hydrogens is 147 g/mol. The zero-order valence-corrected chi connectivity index (χ0v) is 7.83. The Kier molecular flexibility index (Phi) is 2.85. The third-order valence-corrected chi connectivity index (χ3v) is 1.98. The van der Waals surface area contributed by atoms with Crippen molar-refractivity contribution in [1.82, 2.24) is 9.97 Å². The lowest BCUT2D eigenvalue weighted by molar-refractivity contribution is 0.839. The van der Waals surface area contributed by atoms with Crippen molar-refractivity contribution in [3.05, 3.63) is 23.3 Å². The minimum absolute atomic E-state index is 0.0746. The normalized spacial score (nSPS) is 12.9. The van der Waals surface area contributed by atoms with Crippen LogP contribution in [0.4, 0.5) is 0 Å². The molecule has 0 saturated carbocycles. The summed E-state index contributed by atoms with van der Waals surface area (Å²) >= 11 is 0. The van der Waals surface area contributed by atoms with Gasteiger partial charge < -0.3 is 0 Å². The second-order valence-corrected chi connectivity index (χ2v) is 2.97. The number of aromatic nitrogens is 2. The smallest absolute Gasteiger partial charge is 0.125 e. The van der Waals surface area contributed by atoms with Crippen molar-refractivity contribution < 1.29 is 0 Å². The van der Waals surface area contributed by atoms with E-state index < -0.39 is 0 Å². The molecule has 1 heterocycles. The maximum Gasteiger partial charge on any atom is 0.125 e. The molecule has 0 aliphatic rings. The standard InChI is InChI=1S/C9H13BN2/c1-4-9(10)8-5-11-7(3)12-6(8)2/h5,9H,4H2,1-3H3. The molecule has 62 valence electrons. The molecule has 0 fully saturated rings. The van der Waals surface area contributed by atoms with Crippen LogP contribution in [0.25, 0.3) is 0 Å². The van der Waals surface area contributed by atoms with Crippen LogP contribution in [0.3, 0.4) is 0 Å². The topological polar surface area (TPSA) is 25.8 Å². The van der Waals surface area contributed by atoms with E-state index in [1.54, 1.807) is 0 Å². The van der Waals surface area contributed by atoms with Gasteiger partial charge in [0.25, 0.3) is 0 Å². The fourth-order valence-corrected chi connectivity index (χ4v) is 1.18. The van der Waals surface area contributed by atoms with E-state index in [0.717, 1.165) is 23.5 Å². The van der Waals surface area contributed by atoms with Crippen LogP contribution in [-0.2, 0) is 0 Å². The van der Waals surface area contributed by atoms with Crippen LogP contribution < -0.4 is 0 Å². The summed E-state index contributed by atoms with van der Waals surface area (Å²) in [5.74, 6) is 0.880. The summed E-state index contributed by atoms with van der Waals surface area (Å²) in [6, 6.07) is 0. The molecule has 0 spiro atoms. The van der Waals surface area contributed by atoms with Gasteiger partial charge in [0, 0.05) is 11.9 Å². The summed E-state index contributed by atoms with van der Waals surface area (Å²) in [4.78, 5) is 8.37. The first-order valence-corrected chi connectivity index (χ1v) is 4.21. The van der Waals surface area contributed by atoms with Crippen molar-refractivity contribution in [2.45, 2.75) is 33.0 Å². The number of hydrogen-bond acceptors (Lipinski definition) is 2. The van der Waals surface area contributed by atoms with Gasteiger partial charge in [-0.1, -0.05) is 13.3 Å². The Morgan fingerprint density at radius 3 is 2.67 bits per heavy atom. The minimum Gasteiger partial charge on any atom is -0.241 e. The predicted octanol–water partition coefficient (Wildman–Crippen LogP) is 1.71. The van der Waals surface area contributed by atoms with Gasteiger partial charge >= 0.3 is 0 Å². The maximum atomic E-state index is 5.87. The molecule has 0 bridgehead atoms. The monoisotopic (exact) mass is 160 g/mol. The average Bonchev–Trinajstić information content (AvgIpc) is 2.03. The Morgan fingerprint density at radius 2 is 2.17 bits per heavy atom. The van der Waals surface area contributed by atoms with Gasteiger partial charge in [-0.05, 0) is 25.2 Å². The van der Waals surface area contributed by atoms with E-state index in [4.69, 9.17) is 7.85 Å². The molecule has 0 amide bonds. The fraction of sp³-hybridized carbons (Fsp3) is 0.556. The molecule has 0 N–H and O–H groups in total. The summed E-state index contributed by atoms with van der Waals surface area (Å²) in [6.07, 6.45) is 2.75. The van der Waals surface area contributed by atoms with Gasteiger partial charge in [0.2, 0.25) is 0 Å². The lowest BCUT2D eigenvalue weighted by atomic mass is 9.79. The summed E-state index contributed by atoms with van der Waals surface area (Å²) in [7, 11) is 5.87. The molecule has 0 saturated heterocycles. The third-order valence-electron chi connectivity index (χ3n) is 1.98. The van der Waals surface area contributed by atoms with Crippen molar-refractivity contribution >= 4 is 7.85 Å². The molecule has 1 unspecified atom stereocenters. The quantitative estimate of drug-likeness (QED) is 0.615. The van der Waals surface area contributed by atoms with E-state index in [0.29, 0.717) is 0 Å². The van der Waals surface area contributed by atoms with Crippen molar-refractivity contribution in [2.24, 2.45) is 0 Å². The number of rotatable bonds is 2. The van der Waals surface area contributed by atoms with Crippen LogP contribution in [-0.4, -0.2) is 17.8 Å². The highest BCUT2D eigenvalue weighted by molar-refractivity contribution is 6.12. The Balaban J connectivity index is 3.01. The second-order valence-electron chi connectivity index (χ2n) is 2.97. The van der Waals surface area contributed by atoms with E-state index >= 15 is 0 Å². The SMILES string of the molecule is [B]C(CC)c1cnc(C)nc1C. The van der Waals surface area contributed by atoms with Gasteiger partial charge in [0.15, 0.2) is 0 Å². The van der Waals surface area contributed by atoms with E-state index in [1.807, 2.05) is 20.0 Å². The average molecular weight is 160 g/mol. The number of hydrogen-bond donors (Lipinski definition) is 0. The first kappa shape index (κ1) is 9.23. The molecule has 1 aromatic rings. The highest BCUT2D eigenvalue weighted by atomic mass is 14.9. The van der Waals surface area contributed by atoms with Gasteiger partial charge in [-0.2, -0.15) is 0 Å². The summed E-state index contributed by atoms with van der Waals surface area (Å²) in [5, 5.41) is 0. The highest BCUT2D eigenvalue weighted by Crippen LogP contribution is 2.16. The lowest BCUT2D eigenvalue weighted by Crippen LogP contribution is -2.03. The van der Waals surface area contributed by atoms with Gasteiger partial charge in [0.1, 0.15) is 5.82 Å². The molecule has 1 aromatic heterocycles. The molecular formula is C9H13BN2. The maximum absolute atomic E-state index is 5.87. The van der Waals surface area contributed by atoms with Crippen molar-refractivity contribution in [1.29, 1.82) is 0 Å². The molecule has 2 nitrogen and oxygen atoms in total. The van der Waals surface area contributed by atoms with Crippen LogP contribution in [0, 0.1) is 13.8 Å². The van der Waals surface area contributed by atoms with Gasteiger partial charge in [0.05, 0.1) is 7.85 Å². The van der Waals surface area contributed by atoms with E-state index in [-0.39, 0.29) is 5.82 Å². The van der Waals surface area contributed by atoms with Crippen molar-refractivity contribution in [3.63, 3.8) is 0 Å². The van der Waals surface area contributed by atoms with Gasteiger partial charge in [-0.15, -0.1) is 0 Å². The van der Waals surface area contributed by atoms with Gasteiger partial charge in [-0.25, -0.2) is 9.97 Å². The molecule has 3 heteroatoms. The first-order valence-electron chi connectivity index (χ1n) is 4.21. The van der Waals surface area contributed by atoms with E-state index in [2.05, 4.69) is 16.9 Å². The fourth-order valence-electron chi connectivity index (χ4n) is 1.18. The van der Waals surface area contributed by atoms with E-state index in [1.165, 1.54) is 0 Å². The van der Waals surface area contributed by atoms with Gasteiger partial charge in [-0.3, -0.25) is 0 Å². The van der Waals surface area contributed by atoms with Crippen LogP contribution >= 0.6 is 0 Å². The zero-order valence-electron chi connectivity index (χ0n) is 7.83.